The molecule has 0 saturated heterocycles. The molecule has 0 aliphatic rings. The van der Waals surface area contributed by atoms with E-state index in [1.807, 2.05) is 68.4 Å². The minimum atomic E-state index is -0.545. The van der Waals surface area contributed by atoms with Crippen molar-refractivity contribution in [2.75, 3.05) is 36.3 Å². The third kappa shape index (κ3) is 6.70. The van der Waals surface area contributed by atoms with Crippen molar-refractivity contribution in [2.45, 2.75) is 6.92 Å². The molecule has 0 unspecified atom stereocenters. The van der Waals surface area contributed by atoms with Gasteiger partial charge in [0.05, 0.1) is 0 Å². The van der Waals surface area contributed by atoms with Crippen LogP contribution in [-0.2, 0) is 0 Å². The summed E-state index contributed by atoms with van der Waals surface area (Å²) in [7, 11) is 5.53. The van der Waals surface area contributed by atoms with E-state index < -0.39 is 6.03 Å². The van der Waals surface area contributed by atoms with Crippen molar-refractivity contribution in [2.24, 2.45) is 11.6 Å². The molecule has 0 aliphatic carbocycles. The number of benzene rings is 2. The molecule has 0 aliphatic heterocycles. The first kappa shape index (κ1) is 20.8. The fourth-order valence-electron chi connectivity index (χ4n) is 2.05. The Morgan fingerprint density at radius 1 is 0.962 bits per heavy atom. The SMILES string of the molecule is CN(C)c1cccc(NC(N)=O)c1.Cc1cccc(N(C)C(=O)NN)c1. The minimum Gasteiger partial charge on any atom is -0.378 e. The molecular weight excluding hydrogens is 332 g/mol. The summed E-state index contributed by atoms with van der Waals surface area (Å²) in [6.07, 6.45) is 0. The zero-order valence-corrected chi connectivity index (χ0v) is 15.5. The molecule has 8 heteroatoms. The monoisotopic (exact) mass is 358 g/mol. The summed E-state index contributed by atoms with van der Waals surface area (Å²) in [6, 6.07) is 14.2. The Labute approximate surface area is 153 Å². The molecule has 4 amide bonds. The highest BCUT2D eigenvalue weighted by Crippen LogP contribution is 2.16. The standard InChI is InChI=1S/2C9H13N3O/c1-12(2)8-5-3-4-7(6-8)11-9(10)13;1-7-4-3-5-8(6-7)12(2)9(13)11-10/h3-6H,1-2H3,(H3,10,11,13);3-6H,10H2,1-2H3,(H,11,13). The smallest absolute Gasteiger partial charge is 0.335 e. The van der Waals surface area contributed by atoms with Gasteiger partial charge in [-0.15, -0.1) is 0 Å². The molecule has 2 aromatic rings. The number of hydrazine groups is 1. The molecule has 0 heterocycles. The van der Waals surface area contributed by atoms with Crippen molar-refractivity contribution < 1.29 is 9.59 Å². The molecule has 2 aromatic carbocycles. The zero-order chi connectivity index (χ0) is 19.7. The Hall–Kier alpha value is -3.26. The number of amides is 4. The molecule has 0 saturated carbocycles. The summed E-state index contributed by atoms with van der Waals surface area (Å²) < 4.78 is 0. The van der Waals surface area contributed by atoms with Gasteiger partial charge in [-0.1, -0.05) is 18.2 Å². The molecular formula is C18H26N6O2. The predicted octanol–water partition coefficient (Wildman–Crippen LogP) is 2.26. The lowest BCUT2D eigenvalue weighted by atomic mass is 10.2. The molecule has 0 spiro atoms. The van der Waals surface area contributed by atoms with Crippen molar-refractivity contribution in [3.63, 3.8) is 0 Å². The predicted molar refractivity (Wildman–Crippen MR) is 106 cm³/mol. The molecule has 0 bridgehead atoms. The Balaban J connectivity index is 0.000000260. The van der Waals surface area contributed by atoms with E-state index in [-0.39, 0.29) is 6.03 Å². The van der Waals surface area contributed by atoms with Crippen LogP contribution in [0, 0.1) is 6.92 Å². The maximum absolute atomic E-state index is 11.1. The van der Waals surface area contributed by atoms with Crippen LogP contribution in [0.4, 0.5) is 26.7 Å². The van der Waals surface area contributed by atoms with E-state index in [4.69, 9.17) is 11.6 Å². The van der Waals surface area contributed by atoms with Gasteiger partial charge in [-0.2, -0.15) is 0 Å². The molecule has 8 nitrogen and oxygen atoms in total. The van der Waals surface area contributed by atoms with Crippen LogP contribution in [-0.4, -0.2) is 33.2 Å². The summed E-state index contributed by atoms with van der Waals surface area (Å²) in [5, 5.41) is 2.51. The maximum atomic E-state index is 11.1. The Morgan fingerprint density at radius 2 is 1.58 bits per heavy atom. The van der Waals surface area contributed by atoms with E-state index in [1.165, 1.54) is 4.90 Å². The lowest BCUT2D eigenvalue weighted by Crippen LogP contribution is -2.41. The number of anilines is 3. The number of nitrogens with zero attached hydrogens (tertiary/aromatic N) is 2. The van der Waals surface area contributed by atoms with E-state index in [0.717, 1.165) is 16.9 Å². The van der Waals surface area contributed by atoms with Gasteiger partial charge in [0.1, 0.15) is 0 Å². The van der Waals surface area contributed by atoms with E-state index in [9.17, 15) is 9.59 Å². The average molecular weight is 358 g/mol. The van der Waals surface area contributed by atoms with Crippen LogP contribution in [0.15, 0.2) is 48.5 Å². The Kier molecular flexibility index (Phi) is 7.91. The highest BCUT2D eigenvalue weighted by Gasteiger charge is 2.07. The summed E-state index contributed by atoms with van der Waals surface area (Å²) in [4.78, 5) is 25.1. The second kappa shape index (κ2) is 9.90. The second-order valence-corrected chi connectivity index (χ2v) is 5.78. The maximum Gasteiger partial charge on any atom is 0.335 e. The van der Waals surface area contributed by atoms with Gasteiger partial charge in [0.15, 0.2) is 0 Å². The molecule has 0 aromatic heterocycles. The second-order valence-electron chi connectivity index (χ2n) is 5.78. The van der Waals surface area contributed by atoms with Crippen molar-refractivity contribution in [1.29, 1.82) is 0 Å². The summed E-state index contributed by atoms with van der Waals surface area (Å²) in [5.74, 6) is 5.01. The van der Waals surface area contributed by atoms with E-state index in [1.54, 1.807) is 13.1 Å². The quantitative estimate of drug-likeness (QED) is 0.382. The average Bonchev–Trinajstić information content (AvgIpc) is 2.60. The Morgan fingerprint density at radius 3 is 2.12 bits per heavy atom. The van der Waals surface area contributed by atoms with Gasteiger partial charge in [-0.3, -0.25) is 10.3 Å². The van der Waals surface area contributed by atoms with Gasteiger partial charge in [0.2, 0.25) is 0 Å². The summed E-state index contributed by atoms with van der Waals surface area (Å²) in [5.41, 5.74) is 10.7. The zero-order valence-electron chi connectivity index (χ0n) is 15.5. The highest BCUT2D eigenvalue weighted by atomic mass is 16.2. The van der Waals surface area contributed by atoms with Gasteiger partial charge in [-0.05, 0) is 42.8 Å². The highest BCUT2D eigenvalue weighted by molar-refractivity contribution is 5.91. The number of nitrogens with one attached hydrogen (secondary N) is 2. The number of primary amides is 1. The number of aryl methyl sites for hydroxylation is 1. The number of hydrogen-bond donors (Lipinski definition) is 4. The van der Waals surface area contributed by atoms with Crippen LogP contribution in [0.25, 0.3) is 0 Å². The number of urea groups is 2. The number of nitrogens with two attached hydrogens (primary N) is 2. The van der Waals surface area contributed by atoms with Crippen LogP contribution in [0.2, 0.25) is 0 Å². The van der Waals surface area contributed by atoms with E-state index >= 15 is 0 Å². The van der Waals surface area contributed by atoms with Gasteiger partial charge in [0, 0.05) is 38.2 Å². The van der Waals surface area contributed by atoms with Gasteiger partial charge in [0.25, 0.3) is 0 Å². The van der Waals surface area contributed by atoms with Crippen LogP contribution in [0.1, 0.15) is 5.56 Å². The lowest BCUT2D eigenvalue weighted by molar-refractivity contribution is 0.247. The molecule has 6 N–H and O–H groups in total. The molecule has 0 fully saturated rings. The number of rotatable bonds is 3. The molecule has 140 valence electrons. The number of carbonyl (C=O) groups excluding carboxylic acids is 2. The van der Waals surface area contributed by atoms with Crippen molar-refractivity contribution in [3.8, 4) is 0 Å². The van der Waals surface area contributed by atoms with Gasteiger partial charge in [-0.25, -0.2) is 15.4 Å². The van der Waals surface area contributed by atoms with Crippen LogP contribution in [0.3, 0.4) is 0 Å². The third-order valence-corrected chi connectivity index (χ3v) is 3.45. The first-order valence-corrected chi connectivity index (χ1v) is 7.89. The largest absolute Gasteiger partial charge is 0.378 e. The first-order chi connectivity index (χ1) is 12.2. The van der Waals surface area contributed by atoms with Crippen LogP contribution >= 0.6 is 0 Å². The fourth-order valence-corrected chi connectivity index (χ4v) is 2.05. The minimum absolute atomic E-state index is 0.328. The van der Waals surface area contributed by atoms with Crippen LogP contribution in [0.5, 0.6) is 0 Å². The third-order valence-electron chi connectivity index (χ3n) is 3.45. The van der Waals surface area contributed by atoms with Gasteiger partial charge >= 0.3 is 12.1 Å². The summed E-state index contributed by atoms with van der Waals surface area (Å²) in [6.45, 7) is 1.97. The number of carbonyl (C=O) groups is 2. The van der Waals surface area contributed by atoms with Gasteiger partial charge < -0.3 is 16.0 Å². The lowest BCUT2D eigenvalue weighted by Gasteiger charge is -2.16. The normalized spacial score (nSPS) is 9.42. The van der Waals surface area contributed by atoms with Crippen molar-refractivity contribution in [1.82, 2.24) is 5.43 Å². The molecule has 2 rings (SSSR count). The molecule has 0 radical (unpaired) electrons. The summed E-state index contributed by atoms with van der Waals surface area (Å²) >= 11 is 0. The Bertz CT molecular complexity index is 748. The van der Waals surface area contributed by atoms with Crippen LogP contribution < -0.4 is 32.1 Å². The van der Waals surface area contributed by atoms with E-state index in [0.29, 0.717) is 5.69 Å². The van der Waals surface area contributed by atoms with E-state index in [2.05, 4.69) is 10.7 Å². The first-order valence-electron chi connectivity index (χ1n) is 7.89. The fraction of sp³-hybridized carbons (Fsp3) is 0.222. The number of hydrogen-bond acceptors (Lipinski definition) is 4. The van der Waals surface area contributed by atoms with Crippen molar-refractivity contribution >= 4 is 29.1 Å². The molecule has 0 atom stereocenters. The van der Waals surface area contributed by atoms with Crippen molar-refractivity contribution in [3.05, 3.63) is 54.1 Å². The molecule has 26 heavy (non-hydrogen) atoms. The topological polar surface area (TPSA) is 117 Å².